The van der Waals surface area contributed by atoms with Gasteiger partial charge in [-0.2, -0.15) is 17.6 Å². The van der Waals surface area contributed by atoms with Gasteiger partial charge >= 0.3 is 11.8 Å². The summed E-state index contributed by atoms with van der Waals surface area (Å²) in [6.07, 6.45) is 0. The molecule has 0 aromatic heterocycles. The molecule has 1 saturated heterocycles. The van der Waals surface area contributed by atoms with Crippen molar-refractivity contribution in [3.8, 4) is 0 Å². The van der Waals surface area contributed by atoms with Crippen molar-refractivity contribution in [3.05, 3.63) is 35.4 Å². The SMILES string of the molecule is CC1CN2C(=O)c3ccccc3C2(O)C(F)(F)C1(F)F. The molecule has 1 amide bonds. The van der Waals surface area contributed by atoms with Gasteiger partial charge in [0.25, 0.3) is 5.91 Å². The summed E-state index contributed by atoms with van der Waals surface area (Å²) >= 11 is 0. The summed E-state index contributed by atoms with van der Waals surface area (Å²) in [5, 5.41) is 10.3. The summed E-state index contributed by atoms with van der Waals surface area (Å²) in [5.41, 5.74) is -3.93. The number of benzene rings is 1. The molecule has 0 spiro atoms. The monoisotopic (exact) mass is 289 g/mol. The van der Waals surface area contributed by atoms with Crippen molar-refractivity contribution in [1.29, 1.82) is 0 Å². The van der Waals surface area contributed by atoms with Crippen molar-refractivity contribution in [3.63, 3.8) is 0 Å². The second-order valence-electron chi connectivity index (χ2n) is 5.23. The minimum absolute atomic E-state index is 0.167. The molecule has 2 heterocycles. The molecule has 0 bridgehead atoms. The maximum Gasteiger partial charge on any atom is 0.361 e. The maximum atomic E-state index is 14.2. The Kier molecular flexibility index (Phi) is 2.35. The zero-order chi connectivity index (χ0) is 14.9. The van der Waals surface area contributed by atoms with E-state index in [-0.39, 0.29) is 5.56 Å². The molecule has 2 aliphatic heterocycles. The van der Waals surface area contributed by atoms with Gasteiger partial charge in [-0.3, -0.25) is 4.79 Å². The quantitative estimate of drug-likeness (QED) is 0.744. The second kappa shape index (κ2) is 3.52. The Hall–Kier alpha value is -1.63. The molecule has 2 atom stereocenters. The van der Waals surface area contributed by atoms with Crippen LogP contribution < -0.4 is 0 Å². The van der Waals surface area contributed by atoms with E-state index in [2.05, 4.69) is 0 Å². The molecule has 0 saturated carbocycles. The van der Waals surface area contributed by atoms with Gasteiger partial charge in [0, 0.05) is 23.6 Å². The zero-order valence-electron chi connectivity index (χ0n) is 10.4. The van der Waals surface area contributed by atoms with Crippen LogP contribution in [-0.4, -0.2) is 34.3 Å². The average molecular weight is 289 g/mol. The third-order valence-corrected chi connectivity index (χ3v) is 4.10. The lowest BCUT2D eigenvalue weighted by Crippen LogP contribution is -2.70. The highest BCUT2D eigenvalue weighted by Crippen LogP contribution is 2.58. The van der Waals surface area contributed by atoms with E-state index in [1.54, 1.807) is 0 Å². The first-order valence-electron chi connectivity index (χ1n) is 6.05. The smallest absolute Gasteiger partial charge is 0.361 e. The number of nitrogens with zero attached hydrogens (tertiary/aromatic N) is 1. The van der Waals surface area contributed by atoms with E-state index in [4.69, 9.17) is 0 Å². The first-order valence-corrected chi connectivity index (χ1v) is 6.05. The second-order valence-corrected chi connectivity index (χ2v) is 5.23. The summed E-state index contributed by atoms with van der Waals surface area (Å²) in [4.78, 5) is 12.5. The van der Waals surface area contributed by atoms with E-state index in [1.165, 1.54) is 18.2 Å². The van der Waals surface area contributed by atoms with Crippen LogP contribution in [0.3, 0.4) is 0 Å². The van der Waals surface area contributed by atoms with Gasteiger partial charge in [-0.1, -0.05) is 25.1 Å². The number of aliphatic hydroxyl groups is 1. The van der Waals surface area contributed by atoms with Gasteiger partial charge in [0.1, 0.15) is 0 Å². The van der Waals surface area contributed by atoms with Crippen molar-refractivity contribution in [2.24, 2.45) is 5.92 Å². The molecule has 108 valence electrons. The molecule has 7 heteroatoms. The van der Waals surface area contributed by atoms with Crippen LogP contribution in [0.25, 0.3) is 0 Å². The number of piperidine rings is 1. The lowest BCUT2D eigenvalue weighted by molar-refractivity contribution is -0.367. The fourth-order valence-electron chi connectivity index (χ4n) is 2.90. The number of hydrogen-bond acceptors (Lipinski definition) is 2. The van der Waals surface area contributed by atoms with Crippen molar-refractivity contribution in [1.82, 2.24) is 4.90 Å². The Morgan fingerprint density at radius 1 is 1.25 bits per heavy atom. The number of fused-ring (bicyclic) bond motifs is 3. The topological polar surface area (TPSA) is 40.5 Å². The van der Waals surface area contributed by atoms with Gasteiger partial charge < -0.3 is 10.0 Å². The van der Waals surface area contributed by atoms with E-state index in [0.717, 1.165) is 13.0 Å². The molecular weight excluding hydrogens is 278 g/mol. The minimum atomic E-state index is -4.76. The first-order chi connectivity index (χ1) is 9.15. The molecule has 3 nitrogen and oxygen atoms in total. The van der Waals surface area contributed by atoms with Gasteiger partial charge in [-0.25, -0.2) is 0 Å². The molecule has 0 radical (unpaired) electrons. The molecule has 1 fully saturated rings. The highest BCUT2D eigenvalue weighted by Gasteiger charge is 2.79. The summed E-state index contributed by atoms with van der Waals surface area (Å²) in [6.45, 7) is 0.302. The third kappa shape index (κ3) is 1.17. The van der Waals surface area contributed by atoms with Gasteiger partial charge in [-0.15, -0.1) is 0 Å². The number of hydrogen-bond donors (Lipinski definition) is 1. The van der Waals surface area contributed by atoms with Crippen LogP contribution in [0, 0.1) is 5.92 Å². The molecule has 20 heavy (non-hydrogen) atoms. The fourth-order valence-corrected chi connectivity index (χ4v) is 2.90. The van der Waals surface area contributed by atoms with E-state index in [1.807, 2.05) is 0 Å². The largest absolute Gasteiger partial charge is 0.362 e. The van der Waals surface area contributed by atoms with E-state index < -0.39 is 41.5 Å². The molecule has 1 aromatic rings. The fraction of sp³-hybridized carbons (Fsp3) is 0.462. The first kappa shape index (κ1) is 13.4. The highest BCUT2D eigenvalue weighted by atomic mass is 19.3. The lowest BCUT2D eigenvalue weighted by Gasteiger charge is -2.50. The number of carbonyl (C=O) groups is 1. The van der Waals surface area contributed by atoms with Gasteiger partial charge in [-0.05, 0) is 6.07 Å². The van der Waals surface area contributed by atoms with Crippen molar-refractivity contribution in [2.75, 3.05) is 6.54 Å². The van der Waals surface area contributed by atoms with Gasteiger partial charge in [0.2, 0.25) is 5.72 Å². The van der Waals surface area contributed by atoms with Crippen LogP contribution in [0.2, 0.25) is 0 Å². The molecule has 2 unspecified atom stereocenters. The number of halogens is 4. The van der Waals surface area contributed by atoms with Crippen LogP contribution >= 0.6 is 0 Å². The minimum Gasteiger partial charge on any atom is -0.362 e. The normalized spacial score (nSPS) is 33.8. The predicted octanol–water partition coefficient (Wildman–Crippen LogP) is 2.21. The van der Waals surface area contributed by atoms with Gasteiger partial charge in [0.05, 0.1) is 0 Å². The molecule has 3 rings (SSSR count). The third-order valence-electron chi connectivity index (χ3n) is 4.10. The van der Waals surface area contributed by atoms with Crippen molar-refractivity contribution < 1.29 is 27.5 Å². The molecular formula is C13H11F4NO2. The average Bonchev–Trinajstić information content (AvgIpc) is 2.61. The Morgan fingerprint density at radius 3 is 2.50 bits per heavy atom. The van der Waals surface area contributed by atoms with Crippen LogP contribution in [0.1, 0.15) is 22.8 Å². The van der Waals surface area contributed by atoms with Gasteiger partial charge in [0.15, 0.2) is 0 Å². The molecule has 1 aromatic carbocycles. The summed E-state index contributed by atoms with van der Waals surface area (Å²) in [5.74, 6) is -11.8. The van der Waals surface area contributed by atoms with Crippen molar-refractivity contribution >= 4 is 5.91 Å². The zero-order valence-corrected chi connectivity index (χ0v) is 10.4. The number of rotatable bonds is 0. The lowest BCUT2D eigenvalue weighted by atomic mass is 9.82. The number of amides is 1. The van der Waals surface area contributed by atoms with Crippen molar-refractivity contribution in [2.45, 2.75) is 24.5 Å². The van der Waals surface area contributed by atoms with Crippen LogP contribution in [0.5, 0.6) is 0 Å². The molecule has 1 N–H and O–H groups in total. The maximum absolute atomic E-state index is 14.2. The predicted molar refractivity (Wildman–Crippen MR) is 60.4 cm³/mol. The standard InChI is InChI=1S/C13H11F4NO2/c1-7-6-18-10(19)8-4-2-3-5-9(8)12(18,20)13(16,17)11(7,14)15/h2-5,7,20H,6H2,1H3. The van der Waals surface area contributed by atoms with E-state index >= 15 is 0 Å². The molecule has 2 aliphatic rings. The Morgan fingerprint density at radius 2 is 1.85 bits per heavy atom. The van der Waals surface area contributed by atoms with Crippen LogP contribution in [0.15, 0.2) is 24.3 Å². The highest BCUT2D eigenvalue weighted by molar-refractivity contribution is 6.00. The van der Waals surface area contributed by atoms with E-state index in [9.17, 15) is 27.5 Å². The molecule has 0 aliphatic carbocycles. The van der Waals surface area contributed by atoms with Crippen LogP contribution in [-0.2, 0) is 5.72 Å². The number of alkyl halides is 4. The number of carbonyl (C=O) groups excluding carboxylic acids is 1. The van der Waals surface area contributed by atoms with Crippen LogP contribution in [0.4, 0.5) is 17.6 Å². The summed E-state index contributed by atoms with van der Waals surface area (Å²) < 4.78 is 56.1. The summed E-state index contributed by atoms with van der Waals surface area (Å²) in [6, 6.07) is 5.07. The Labute approximate surface area is 111 Å². The Balaban J connectivity index is 2.29. The summed E-state index contributed by atoms with van der Waals surface area (Å²) in [7, 11) is 0. The Bertz CT molecular complexity index is 604. The van der Waals surface area contributed by atoms with E-state index in [0.29, 0.717) is 4.90 Å².